The molecular weight excluding hydrogens is 603 g/mol. The Hall–Kier alpha value is -4.69. The number of amides is 1. The second-order valence-electron chi connectivity index (χ2n) is 11.1. The molecule has 0 radical (unpaired) electrons. The smallest absolute Gasteiger partial charge is 0.412 e. The summed E-state index contributed by atoms with van der Waals surface area (Å²) in [5, 5.41) is 13.1. The number of carbonyl (C=O) groups is 1. The van der Waals surface area contributed by atoms with Crippen molar-refractivity contribution < 1.29 is 33.2 Å². The van der Waals surface area contributed by atoms with Crippen molar-refractivity contribution in [1.29, 1.82) is 0 Å². The molecule has 0 fully saturated rings. The minimum Gasteiger partial charge on any atom is -0.480 e. The van der Waals surface area contributed by atoms with E-state index in [9.17, 15) is 9.90 Å². The van der Waals surface area contributed by atoms with Gasteiger partial charge >= 0.3 is 6.09 Å². The number of benzene rings is 1. The molecule has 2 atom stereocenters. The van der Waals surface area contributed by atoms with Crippen LogP contribution in [0.15, 0.2) is 42.7 Å². The summed E-state index contributed by atoms with van der Waals surface area (Å²) in [6, 6.07) is 8.23. The predicted octanol–water partition coefficient (Wildman–Crippen LogP) is 6.10. The van der Waals surface area contributed by atoms with Gasteiger partial charge in [0.1, 0.15) is 27.6 Å². The molecule has 5 aromatic rings. The summed E-state index contributed by atoms with van der Waals surface area (Å²) in [5.41, 5.74) is 2.89. The number of rotatable bonds is 11. The fourth-order valence-corrected chi connectivity index (χ4v) is 5.12. The Labute approximate surface area is 262 Å². The molecule has 45 heavy (non-hydrogen) atoms. The van der Waals surface area contributed by atoms with Crippen LogP contribution < -0.4 is 19.5 Å². The third-order valence-corrected chi connectivity index (χ3v) is 7.71. The molecule has 0 bridgehead atoms. The highest BCUT2D eigenvalue weighted by atomic mass is 32.1. The van der Waals surface area contributed by atoms with E-state index < -0.39 is 29.7 Å². The number of aromatic nitrogens is 5. The standard InChI is InChI=1S/C31H33FN6O6S/c1-16-11-20(26-22(12-16)36-25(41-6)15-34-26)28-37-23-14-21(32)27(38-29(23)45-28)43-17(2)18(3)44-30(39)35-19-7-9-33-24(13-19)42-10-8-31(4,5)40/h7,9,11-15,17-18,40H,8,10H2,1-6H3,(H,33,35,39)/t17-,18+/m0/s1. The van der Waals surface area contributed by atoms with Gasteiger partial charge in [0.25, 0.3) is 5.88 Å². The number of aliphatic hydroxyl groups is 1. The van der Waals surface area contributed by atoms with Gasteiger partial charge in [0.15, 0.2) is 5.82 Å². The van der Waals surface area contributed by atoms with Gasteiger partial charge in [0.2, 0.25) is 11.8 Å². The molecule has 1 aromatic carbocycles. The van der Waals surface area contributed by atoms with Crippen LogP contribution in [0.4, 0.5) is 14.9 Å². The molecular formula is C31H33FN6O6S. The van der Waals surface area contributed by atoms with Gasteiger partial charge in [-0.25, -0.2) is 29.1 Å². The van der Waals surface area contributed by atoms with Crippen LogP contribution in [0.1, 0.15) is 39.7 Å². The van der Waals surface area contributed by atoms with Crippen molar-refractivity contribution >= 4 is 44.5 Å². The third-order valence-electron chi connectivity index (χ3n) is 6.71. The van der Waals surface area contributed by atoms with Crippen molar-refractivity contribution in [3.8, 4) is 28.2 Å². The van der Waals surface area contributed by atoms with E-state index in [1.165, 1.54) is 43.0 Å². The van der Waals surface area contributed by atoms with Crippen molar-refractivity contribution in [3.05, 3.63) is 54.1 Å². The molecule has 0 unspecified atom stereocenters. The van der Waals surface area contributed by atoms with Gasteiger partial charge in [-0.05, 0) is 58.4 Å². The number of methoxy groups -OCH3 is 1. The first kappa shape index (κ1) is 31.7. The number of nitrogens with zero attached hydrogens (tertiary/aromatic N) is 5. The normalized spacial score (nSPS) is 13.0. The number of pyridine rings is 2. The zero-order chi connectivity index (χ0) is 32.3. The highest BCUT2D eigenvalue weighted by molar-refractivity contribution is 7.21. The van der Waals surface area contributed by atoms with Gasteiger partial charge in [-0.1, -0.05) is 11.3 Å². The number of hydrogen-bond donors (Lipinski definition) is 2. The van der Waals surface area contributed by atoms with Crippen LogP contribution in [0.25, 0.3) is 32.0 Å². The van der Waals surface area contributed by atoms with Gasteiger partial charge in [-0.15, -0.1) is 0 Å². The lowest BCUT2D eigenvalue weighted by Gasteiger charge is -2.21. The van der Waals surface area contributed by atoms with E-state index in [0.717, 1.165) is 11.1 Å². The molecule has 0 saturated carbocycles. The van der Waals surface area contributed by atoms with Crippen LogP contribution in [0, 0.1) is 12.7 Å². The number of thiazole rings is 1. The van der Waals surface area contributed by atoms with Gasteiger partial charge in [0.05, 0.1) is 42.2 Å². The summed E-state index contributed by atoms with van der Waals surface area (Å²) < 4.78 is 37.1. The zero-order valence-electron chi connectivity index (χ0n) is 25.6. The Morgan fingerprint density at radius 3 is 2.62 bits per heavy atom. The molecule has 0 aliphatic carbocycles. The molecule has 1 amide bonds. The summed E-state index contributed by atoms with van der Waals surface area (Å²) in [6.07, 6.45) is 1.17. The van der Waals surface area contributed by atoms with E-state index in [-0.39, 0.29) is 18.4 Å². The maximum atomic E-state index is 15.1. The van der Waals surface area contributed by atoms with Gasteiger partial charge in [0, 0.05) is 30.3 Å². The van der Waals surface area contributed by atoms with Crippen LogP contribution in [0.2, 0.25) is 0 Å². The molecule has 0 spiro atoms. The van der Waals surface area contributed by atoms with Gasteiger partial charge in [-0.3, -0.25) is 5.32 Å². The first-order valence-corrected chi connectivity index (χ1v) is 14.9. The van der Waals surface area contributed by atoms with E-state index in [1.54, 1.807) is 33.8 Å². The molecule has 4 heterocycles. The molecule has 0 aliphatic rings. The van der Waals surface area contributed by atoms with E-state index >= 15 is 4.39 Å². The fourth-order valence-electron chi connectivity index (χ4n) is 4.19. The molecule has 2 N–H and O–H groups in total. The predicted molar refractivity (Wildman–Crippen MR) is 167 cm³/mol. The largest absolute Gasteiger partial charge is 0.480 e. The Morgan fingerprint density at radius 1 is 1.07 bits per heavy atom. The van der Waals surface area contributed by atoms with E-state index in [0.29, 0.717) is 44.4 Å². The van der Waals surface area contributed by atoms with E-state index in [1.807, 2.05) is 19.1 Å². The second kappa shape index (κ2) is 13.1. The maximum absolute atomic E-state index is 15.1. The summed E-state index contributed by atoms with van der Waals surface area (Å²) in [5.74, 6) is -0.250. The molecule has 5 rings (SSSR count). The maximum Gasteiger partial charge on any atom is 0.412 e. The van der Waals surface area contributed by atoms with Crippen LogP contribution in [-0.4, -0.2) is 67.6 Å². The highest BCUT2D eigenvalue weighted by Gasteiger charge is 2.23. The summed E-state index contributed by atoms with van der Waals surface area (Å²) >= 11 is 1.27. The minimum absolute atomic E-state index is 0.235. The zero-order valence-corrected chi connectivity index (χ0v) is 26.4. The lowest BCUT2D eigenvalue weighted by Crippen LogP contribution is -2.33. The number of halogens is 1. The van der Waals surface area contributed by atoms with Gasteiger partial charge in [-0.2, -0.15) is 4.98 Å². The van der Waals surface area contributed by atoms with Crippen LogP contribution in [0.3, 0.4) is 0 Å². The monoisotopic (exact) mass is 636 g/mol. The Kier molecular flexibility index (Phi) is 9.25. The first-order chi connectivity index (χ1) is 21.4. The van der Waals surface area contributed by atoms with Crippen LogP contribution >= 0.6 is 11.3 Å². The SMILES string of the molecule is COc1cnc2c(-c3nc4cc(F)c(O[C@@H](C)[C@@H](C)OC(=O)Nc5ccnc(OCCC(C)(C)O)c5)nc4s3)cc(C)cc2n1. The van der Waals surface area contributed by atoms with Crippen molar-refractivity contribution in [2.24, 2.45) is 0 Å². The second-order valence-corrected chi connectivity index (χ2v) is 12.0. The van der Waals surface area contributed by atoms with Crippen molar-refractivity contribution in [1.82, 2.24) is 24.9 Å². The molecule has 0 aliphatic heterocycles. The molecule has 4 aromatic heterocycles. The molecule has 0 saturated heterocycles. The number of hydrogen-bond acceptors (Lipinski definition) is 12. The van der Waals surface area contributed by atoms with Crippen LogP contribution in [-0.2, 0) is 4.74 Å². The van der Waals surface area contributed by atoms with E-state index in [2.05, 4.69) is 30.2 Å². The van der Waals surface area contributed by atoms with Crippen molar-refractivity contribution in [2.45, 2.75) is 58.8 Å². The average Bonchev–Trinajstić information content (AvgIpc) is 3.38. The molecule has 12 nitrogen and oxygen atoms in total. The average molecular weight is 637 g/mol. The van der Waals surface area contributed by atoms with Crippen molar-refractivity contribution in [2.75, 3.05) is 19.0 Å². The highest BCUT2D eigenvalue weighted by Crippen LogP contribution is 2.35. The third kappa shape index (κ3) is 7.88. The number of anilines is 1. The lowest BCUT2D eigenvalue weighted by molar-refractivity contribution is 0.0379. The van der Waals surface area contributed by atoms with Crippen LogP contribution in [0.5, 0.6) is 17.6 Å². The topological polar surface area (TPSA) is 151 Å². The van der Waals surface area contributed by atoms with E-state index in [4.69, 9.17) is 18.9 Å². The number of fused-ring (bicyclic) bond motifs is 2. The summed E-state index contributed by atoms with van der Waals surface area (Å²) in [7, 11) is 1.53. The number of ether oxygens (including phenoxy) is 4. The summed E-state index contributed by atoms with van der Waals surface area (Å²) in [6.45, 7) is 8.84. The van der Waals surface area contributed by atoms with Crippen molar-refractivity contribution in [3.63, 3.8) is 0 Å². The fraction of sp³-hybridized carbons (Fsp3) is 0.355. The number of carbonyl (C=O) groups excluding carboxylic acids is 1. The quantitative estimate of drug-likeness (QED) is 0.173. The Morgan fingerprint density at radius 2 is 1.87 bits per heavy atom. The molecule has 236 valence electrons. The molecule has 14 heteroatoms. The lowest BCUT2D eigenvalue weighted by atomic mass is 10.1. The Balaban J connectivity index is 1.25. The number of nitrogens with one attached hydrogen (secondary N) is 1. The minimum atomic E-state index is -0.871. The summed E-state index contributed by atoms with van der Waals surface area (Å²) in [4.78, 5) is 35.1. The first-order valence-electron chi connectivity index (χ1n) is 14.1. The number of aryl methyl sites for hydroxylation is 1. The Bertz CT molecular complexity index is 1850. The van der Waals surface area contributed by atoms with Gasteiger partial charge < -0.3 is 24.1 Å².